The molecule has 0 atom stereocenters. The van der Waals surface area contributed by atoms with Gasteiger partial charge in [0.25, 0.3) is 0 Å². The molecule has 4 nitrogen and oxygen atoms in total. The summed E-state index contributed by atoms with van der Waals surface area (Å²) in [6.07, 6.45) is 0.556. The molecule has 0 saturated carbocycles. The highest BCUT2D eigenvalue weighted by Gasteiger charge is 2.16. The zero-order valence-electron chi connectivity index (χ0n) is 11.4. The van der Waals surface area contributed by atoms with Crippen LogP contribution in [0.1, 0.15) is 33.0 Å². The van der Waals surface area contributed by atoms with Gasteiger partial charge >= 0.3 is 0 Å². The predicted molar refractivity (Wildman–Crippen MR) is 76.3 cm³/mol. The molecule has 2 rings (SSSR count). The molecule has 0 aliphatic heterocycles. The van der Waals surface area contributed by atoms with Crippen molar-refractivity contribution in [3.8, 4) is 0 Å². The highest BCUT2D eigenvalue weighted by atomic mass is 32.2. The van der Waals surface area contributed by atoms with E-state index in [1.165, 1.54) is 12.1 Å². The number of aryl methyl sites for hydroxylation is 2. The van der Waals surface area contributed by atoms with Gasteiger partial charge in [0.2, 0.25) is 0 Å². The zero-order chi connectivity index (χ0) is 14.8. The number of carbonyl (C=O) groups is 1. The van der Waals surface area contributed by atoms with Crippen LogP contribution >= 0.6 is 0 Å². The molecule has 106 valence electrons. The van der Waals surface area contributed by atoms with Gasteiger partial charge in [0.05, 0.1) is 5.75 Å². The maximum Gasteiger partial charge on any atom is 0.185 e. The molecule has 2 aromatic rings. The van der Waals surface area contributed by atoms with Gasteiger partial charge in [0, 0.05) is 0 Å². The Morgan fingerprint density at radius 3 is 2.25 bits per heavy atom. The molecule has 1 aromatic heterocycles. The van der Waals surface area contributed by atoms with Gasteiger partial charge in [0.15, 0.2) is 21.9 Å². The second kappa shape index (κ2) is 5.63. The molecule has 0 N–H and O–H groups in total. The van der Waals surface area contributed by atoms with Gasteiger partial charge in [-0.3, -0.25) is 4.79 Å². The zero-order valence-corrected chi connectivity index (χ0v) is 12.2. The Kier molecular flexibility index (Phi) is 4.09. The fourth-order valence-electron chi connectivity index (χ4n) is 2.21. The van der Waals surface area contributed by atoms with E-state index in [1.807, 2.05) is 32.0 Å². The molecule has 0 amide bonds. The van der Waals surface area contributed by atoms with Crippen LogP contribution in [0.3, 0.4) is 0 Å². The number of aldehydes is 1. The lowest BCUT2D eigenvalue weighted by Gasteiger charge is -2.05. The molecule has 0 saturated heterocycles. The summed E-state index contributed by atoms with van der Waals surface area (Å²) in [5.41, 5.74) is 2.84. The van der Waals surface area contributed by atoms with Crippen molar-refractivity contribution in [2.45, 2.75) is 25.4 Å². The summed E-state index contributed by atoms with van der Waals surface area (Å²) >= 11 is 0. The molecule has 0 spiro atoms. The first kappa shape index (κ1) is 14.5. The summed E-state index contributed by atoms with van der Waals surface area (Å²) in [6.45, 7) is 3.87. The van der Waals surface area contributed by atoms with Crippen molar-refractivity contribution in [1.82, 2.24) is 0 Å². The maximum absolute atomic E-state index is 12.1. The van der Waals surface area contributed by atoms with Crippen LogP contribution in [0.25, 0.3) is 0 Å². The van der Waals surface area contributed by atoms with Gasteiger partial charge in [0.1, 0.15) is 11.5 Å². The Morgan fingerprint density at radius 1 is 1.05 bits per heavy atom. The second-order valence-electron chi connectivity index (χ2n) is 4.95. The second-order valence-corrected chi connectivity index (χ2v) is 7.01. The fourth-order valence-corrected chi connectivity index (χ4v) is 3.57. The minimum atomic E-state index is -3.33. The van der Waals surface area contributed by atoms with E-state index in [4.69, 9.17) is 4.42 Å². The topological polar surface area (TPSA) is 64.3 Å². The monoisotopic (exact) mass is 292 g/mol. The average molecular weight is 292 g/mol. The lowest BCUT2D eigenvalue weighted by Crippen LogP contribution is -2.07. The van der Waals surface area contributed by atoms with Crippen molar-refractivity contribution >= 4 is 16.1 Å². The third kappa shape index (κ3) is 3.81. The molecular weight excluding hydrogens is 276 g/mol. The third-order valence-corrected chi connectivity index (χ3v) is 4.33. The average Bonchev–Trinajstić information content (AvgIpc) is 2.73. The molecule has 0 fully saturated rings. The minimum Gasteiger partial charge on any atom is -0.457 e. The summed E-state index contributed by atoms with van der Waals surface area (Å²) in [5, 5.41) is 0. The van der Waals surface area contributed by atoms with E-state index < -0.39 is 9.84 Å². The van der Waals surface area contributed by atoms with E-state index in [1.54, 1.807) is 0 Å². The first-order chi connectivity index (χ1) is 9.38. The molecule has 5 heteroatoms. The molecule has 20 heavy (non-hydrogen) atoms. The lowest BCUT2D eigenvalue weighted by molar-refractivity contribution is 0.109. The van der Waals surface area contributed by atoms with Crippen molar-refractivity contribution in [2.24, 2.45) is 0 Å². The Labute approximate surface area is 118 Å². The molecule has 1 aromatic carbocycles. The van der Waals surface area contributed by atoms with E-state index in [0.717, 1.165) is 16.7 Å². The van der Waals surface area contributed by atoms with E-state index in [-0.39, 0.29) is 23.0 Å². The van der Waals surface area contributed by atoms with Gasteiger partial charge in [-0.25, -0.2) is 8.42 Å². The largest absolute Gasteiger partial charge is 0.457 e. The Balaban J connectivity index is 2.16. The quantitative estimate of drug-likeness (QED) is 0.795. The Bertz CT molecular complexity index is 706. The summed E-state index contributed by atoms with van der Waals surface area (Å²) in [6, 6.07) is 8.71. The molecule has 0 aliphatic carbocycles. The normalized spacial score (nSPS) is 11.5. The molecule has 0 unspecified atom stereocenters. The Morgan fingerprint density at radius 2 is 1.70 bits per heavy atom. The number of benzene rings is 1. The highest BCUT2D eigenvalue weighted by Crippen LogP contribution is 2.16. The van der Waals surface area contributed by atoms with E-state index in [0.29, 0.717) is 6.29 Å². The van der Waals surface area contributed by atoms with Crippen LogP contribution in [-0.2, 0) is 21.3 Å². The number of hydrogen-bond acceptors (Lipinski definition) is 4. The first-order valence-electron chi connectivity index (χ1n) is 6.19. The maximum atomic E-state index is 12.1. The Hall–Kier alpha value is -1.88. The van der Waals surface area contributed by atoms with Crippen LogP contribution in [0.2, 0.25) is 0 Å². The number of furan rings is 1. The molecule has 0 aliphatic rings. The van der Waals surface area contributed by atoms with Gasteiger partial charge in [-0.15, -0.1) is 0 Å². The van der Waals surface area contributed by atoms with Crippen LogP contribution in [-0.4, -0.2) is 14.7 Å². The van der Waals surface area contributed by atoms with Gasteiger partial charge in [-0.1, -0.05) is 29.3 Å². The molecular formula is C15H16O4S. The van der Waals surface area contributed by atoms with Crippen molar-refractivity contribution in [3.63, 3.8) is 0 Å². The third-order valence-electron chi connectivity index (χ3n) is 2.83. The van der Waals surface area contributed by atoms with Crippen LogP contribution in [0, 0.1) is 13.8 Å². The van der Waals surface area contributed by atoms with Crippen LogP contribution in [0.5, 0.6) is 0 Å². The van der Waals surface area contributed by atoms with Crippen LogP contribution in [0.4, 0.5) is 0 Å². The van der Waals surface area contributed by atoms with Crippen molar-refractivity contribution in [3.05, 3.63) is 58.5 Å². The number of hydrogen-bond donors (Lipinski definition) is 0. The fraction of sp³-hybridized carbons (Fsp3) is 0.267. The van der Waals surface area contributed by atoms with E-state index >= 15 is 0 Å². The number of rotatable bonds is 5. The summed E-state index contributed by atoms with van der Waals surface area (Å²) in [4.78, 5) is 10.5. The highest BCUT2D eigenvalue weighted by molar-refractivity contribution is 7.89. The summed E-state index contributed by atoms with van der Waals surface area (Å²) < 4.78 is 29.4. The molecule has 0 radical (unpaired) electrons. The van der Waals surface area contributed by atoms with Gasteiger partial charge in [-0.2, -0.15) is 0 Å². The smallest absolute Gasteiger partial charge is 0.185 e. The molecule has 0 bridgehead atoms. The van der Waals surface area contributed by atoms with Crippen LogP contribution < -0.4 is 0 Å². The van der Waals surface area contributed by atoms with E-state index in [2.05, 4.69) is 0 Å². The SMILES string of the molecule is Cc1cc(C)cc(CS(=O)(=O)Cc2ccc(C=O)o2)c1. The van der Waals surface area contributed by atoms with Crippen molar-refractivity contribution in [1.29, 1.82) is 0 Å². The first-order valence-corrected chi connectivity index (χ1v) is 8.01. The summed E-state index contributed by atoms with van der Waals surface area (Å²) in [7, 11) is -3.33. The lowest BCUT2D eigenvalue weighted by atomic mass is 10.1. The number of sulfone groups is 1. The number of carbonyl (C=O) groups excluding carboxylic acids is 1. The van der Waals surface area contributed by atoms with Crippen LogP contribution in [0.15, 0.2) is 34.7 Å². The molecule has 1 heterocycles. The standard InChI is InChI=1S/C15H16O4S/c1-11-5-12(2)7-13(6-11)9-20(17,18)10-15-4-3-14(8-16)19-15/h3-8H,9-10H2,1-2H3. The summed E-state index contributed by atoms with van der Waals surface area (Å²) in [5.74, 6) is 0.193. The minimum absolute atomic E-state index is 0.0351. The van der Waals surface area contributed by atoms with Crippen molar-refractivity contribution in [2.75, 3.05) is 0 Å². The van der Waals surface area contributed by atoms with Gasteiger partial charge in [-0.05, 0) is 31.5 Å². The van der Waals surface area contributed by atoms with Crippen molar-refractivity contribution < 1.29 is 17.6 Å². The van der Waals surface area contributed by atoms with Gasteiger partial charge < -0.3 is 4.42 Å². The predicted octanol–water partition coefficient (Wildman–Crippen LogP) is 2.82. The van der Waals surface area contributed by atoms with E-state index in [9.17, 15) is 13.2 Å².